The van der Waals surface area contributed by atoms with Crippen LogP contribution in [0.5, 0.6) is 0 Å². The van der Waals surface area contributed by atoms with E-state index in [0.717, 1.165) is 12.1 Å². The van der Waals surface area contributed by atoms with Gasteiger partial charge in [0.05, 0.1) is 21.4 Å². The number of carbonyl (C=O) groups excluding carboxylic acids is 2. The molecule has 0 saturated heterocycles. The number of halogens is 8. The van der Waals surface area contributed by atoms with Gasteiger partial charge in [0.15, 0.2) is 0 Å². The van der Waals surface area contributed by atoms with Gasteiger partial charge < -0.3 is 10.6 Å². The zero-order valence-electron chi connectivity index (χ0n) is 25.3. The number of carbonyl (C=O) groups is 2. The molecule has 0 aliphatic carbocycles. The van der Waals surface area contributed by atoms with E-state index in [9.17, 15) is 9.59 Å². The lowest BCUT2D eigenvalue weighted by Gasteiger charge is -2.39. The van der Waals surface area contributed by atoms with Gasteiger partial charge in [-0.1, -0.05) is 98.4 Å². The van der Waals surface area contributed by atoms with Crippen molar-refractivity contribution in [3.63, 3.8) is 0 Å². The molecule has 4 rings (SSSR count). The molecule has 12 heteroatoms. The van der Waals surface area contributed by atoms with E-state index in [0.29, 0.717) is 25.0 Å². The standard InChI is InChI=1S/C35H30Cl2F6N2O2/c1-3-11-23-17-25(19-27(36)29(23)44-31(46)21-13-7-5-8-14-21)33(34(38,39)40,35(41,42)43)26-18-24(12-4-2)30(28(37)20-26)45-32(47)22-15-9-6-10-16-22/h5-10,13-20H,3-4,11-12H2,1-2H3,(H,44,46)(H,45,47). The van der Waals surface area contributed by atoms with Crippen molar-refractivity contribution in [3.8, 4) is 0 Å². The van der Waals surface area contributed by atoms with Crippen molar-refractivity contribution in [1.29, 1.82) is 0 Å². The van der Waals surface area contributed by atoms with Crippen molar-refractivity contribution in [2.75, 3.05) is 10.6 Å². The lowest BCUT2D eigenvalue weighted by molar-refractivity contribution is -0.288. The predicted octanol–water partition coefficient (Wildman–Crippen LogP) is 10.8. The number of hydrogen-bond acceptors (Lipinski definition) is 2. The first-order valence-electron chi connectivity index (χ1n) is 14.7. The van der Waals surface area contributed by atoms with Gasteiger partial charge in [0, 0.05) is 11.1 Å². The molecule has 0 spiro atoms. The highest BCUT2D eigenvalue weighted by molar-refractivity contribution is 6.34. The van der Waals surface area contributed by atoms with E-state index in [2.05, 4.69) is 10.6 Å². The van der Waals surface area contributed by atoms with Gasteiger partial charge in [0.1, 0.15) is 0 Å². The van der Waals surface area contributed by atoms with Gasteiger partial charge >= 0.3 is 12.4 Å². The largest absolute Gasteiger partial charge is 0.411 e. The van der Waals surface area contributed by atoms with Crippen LogP contribution in [0, 0.1) is 0 Å². The van der Waals surface area contributed by atoms with Crippen LogP contribution in [0.2, 0.25) is 10.0 Å². The Balaban J connectivity index is 1.95. The fourth-order valence-corrected chi connectivity index (χ4v) is 6.08. The SMILES string of the molecule is CCCc1cc(C(c2cc(Cl)c(NC(=O)c3ccccc3)c(CCC)c2)(C(F)(F)F)C(F)(F)F)cc(Cl)c1NC(=O)c1ccccc1. The molecule has 248 valence electrons. The summed E-state index contributed by atoms with van der Waals surface area (Å²) in [6.45, 7) is 3.37. The van der Waals surface area contributed by atoms with E-state index in [4.69, 9.17) is 23.2 Å². The van der Waals surface area contributed by atoms with Gasteiger partial charge in [-0.25, -0.2) is 0 Å². The number of benzene rings is 4. The van der Waals surface area contributed by atoms with Crippen molar-refractivity contribution in [1.82, 2.24) is 0 Å². The molecule has 2 N–H and O–H groups in total. The summed E-state index contributed by atoms with van der Waals surface area (Å²) in [6, 6.07) is 18.5. The fourth-order valence-electron chi connectivity index (χ4n) is 5.51. The highest BCUT2D eigenvalue weighted by Gasteiger charge is 2.72. The van der Waals surface area contributed by atoms with Crippen molar-refractivity contribution in [2.24, 2.45) is 0 Å². The Hall–Kier alpha value is -4.02. The topological polar surface area (TPSA) is 58.2 Å². The van der Waals surface area contributed by atoms with Crippen LogP contribution in [0.15, 0.2) is 84.9 Å². The minimum absolute atomic E-state index is 0.00997. The number of amides is 2. The third-order valence-corrected chi connectivity index (χ3v) is 8.24. The van der Waals surface area contributed by atoms with Gasteiger partial charge in [-0.05, 0) is 71.5 Å². The number of rotatable bonds is 10. The maximum Gasteiger partial charge on any atom is 0.411 e. The molecule has 0 aromatic heterocycles. The van der Waals surface area contributed by atoms with Crippen LogP contribution in [0.4, 0.5) is 37.7 Å². The Bertz CT molecular complexity index is 1610. The molecular formula is C35H30Cl2F6N2O2. The summed E-state index contributed by atoms with van der Waals surface area (Å²) in [7, 11) is 0. The molecule has 0 unspecified atom stereocenters. The number of nitrogens with one attached hydrogen (secondary N) is 2. The van der Waals surface area contributed by atoms with E-state index in [1.807, 2.05) is 0 Å². The maximum absolute atomic E-state index is 15.3. The summed E-state index contributed by atoms with van der Waals surface area (Å²) < 4.78 is 91.6. The molecule has 4 aromatic carbocycles. The predicted molar refractivity (Wildman–Crippen MR) is 173 cm³/mol. The lowest BCUT2D eigenvalue weighted by atomic mass is 9.71. The zero-order valence-corrected chi connectivity index (χ0v) is 26.8. The third-order valence-electron chi connectivity index (χ3n) is 7.65. The van der Waals surface area contributed by atoms with Crippen LogP contribution >= 0.6 is 23.2 Å². The van der Waals surface area contributed by atoms with Crippen molar-refractivity contribution in [2.45, 2.75) is 57.3 Å². The summed E-state index contributed by atoms with van der Waals surface area (Å²) in [5, 5.41) is 4.11. The minimum atomic E-state index is -5.94. The van der Waals surface area contributed by atoms with E-state index in [1.165, 1.54) is 24.3 Å². The van der Waals surface area contributed by atoms with Crippen molar-refractivity contribution < 1.29 is 35.9 Å². The van der Waals surface area contributed by atoms with Crippen LogP contribution in [-0.4, -0.2) is 24.2 Å². The van der Waals surface area contributed by atoms with Crippen LogP contribution in [0.25, 0.3) is 0 Å². The highest BCUT2D eigenvalue weighted by atomic mass is 35.5. The third kappa shape index (κ3) is 7.28. The van der Waals surface area contributed by atoms with Crippen LogP contribution in [-0.2, 0) is 18.3 Å². The highest BCUT2D eigenvalue weighted by Crippen LogP contribution is 2.58. The molecule has 0 heterocycles. The van der Waals surface area contributed by atoms with E-state index >= 15 is 26.3 Å². The summed E-state index contributed by atoms with van der Waals surface area (Å²) in [6.07, 6.45) is -11.2. The van der Waals surface area contributed by atoms with Gasteiger partial charge in [-0.2, -0.15) is 26.3 Å². The molecular weight excluding hydrogens is 665 g/mol. The quantitative estimate of drug-likeness (QED) is 0.162. The van der Waals surface area contributed by atoms with Crippen molar-refractivity contribution >= 4 is 46.4 Å². The molecule has 0 fully saturated rings. The molecule has 0 bridgehead atoms. The van der Waals surface area contributed by atoms with Crippen LogP contribution in [0.3, 0.4) is 0 Å². The molecule has 47 heavy (non-hydrogen) atoms. The minimum Gasteiger partial charge on any atom is -0.320 e. The molecule has 4 nitrogen and oxygen atoms in total. The van der Waals surface area contributed by atoms with Crippen LogP contribution < -0.4 is 10.6 Å². The van der Waals surface area contributed by atoms with Gasteiger partial charge in [0.2, 0.25) is 5.41 Å². The molecule has 0 saturated carbocycles. The van der Waals surface area contributed by atoms with E-state index < -0.39 is 50.8 Å². The van der Waals surface area contributed by atoms with Gasteiger partial charge in [-0.3, -0.25) is 9.59 Å². The Morgan fingerprint density at radius 1 is 0.596 bits per heavy atom. The summed E-state index contributed by atoms with van der Waals surface area (Å²) in [5.74, 6) is -1.28. The van der Waals surface area contributed by atoms with E-state index in [1.54, 1.807) is 50.2 Å². The summed E-state index contributed by atoms with van der Waals surface area (Å²) in [4.78, 5) is 25.8. The molecule has 0 radical (unpaired) electrons. The van der Waals surface area contributed by atoms with Gasteiger partial charge in [0.25, 0.3) is 11.8 Å². The second-order valence-corrected chi connectivity index (χ2v) is 11.7. The first-order chi connectivity index (χ1) is 22.1. The molecule has 4 aromatic rings. The zero-order chi connectivity index (χ0) is 34.6. The number of hydrogen-bond donors (Lipinski definition) is 2. The fraction of sp³-hybridized carbons (Fsp3) is 0.257. The molecule has 0 aliphatic rings. The normalized spacial score (nSPS) is 12.1. The molecule has 0 aliphatic heterocycles. The summed E-state index contributed by atoms with van der Waals surface area (Å²) in [5.41, 5.74) is -6.73. The first kappa shape index (κ1) is 35.8. The number of alkyl halides is 6. The Morgan fingerprint density at radius 3 is 1.23 bits per heavy atom. The summed E-state index contributed by atoms with van der Waals surface area (Å²) >= 11 is 12.9. The van der Waals surface area contributed by atoms with E-state index in [-0.39, 0.29) is 46.5 Å². The second kappa shape index (κ2) is 14.4. The Labute approximate surface area is 278 Å². The Kier molecular flexibility index (Phi) is 11.0. The van der Waals surface area contributed by atoms with Crippen molar-refractivity contribution in [3.05, 3.63) is 128 Å². The van der Waals surface area contributed by atoms with Gasteiger partial charge in [-0.15, -0.1) is 0 Å². The monoisotopic (exact) mass is 694 g/mol. The molecule has 2 amide bonds. The maximum atomic E-state index is 15.3. The average molecular weight is 696 g/mol. The van der Waals surface area contributed by atoms with Crippen LogP contribution in [0.1, 0.15) is 69.7 Å². The number of aryl methyl sites for hydroxylation is 2. The second-order valence-electron chi connectivity index (χ2n) is 10.9. The first-order valence-corrected chi connectivity index (χ1v) is 15.4. The molecule has 0 atom stereocenters. The average Bonchev–Trinajstić information content (AvgIpc) is 3.00. The Morgan fingerprint density at radius 2 is 0.936 bits per heavy atom. The lowest BCUT2D eigenvalue weighted by Crippen LogP contribution is -2.55. The smallest absolute Gasteiger partial charge is 0.320 e. The number of anilines is 2.